The SMILES string of the molecule is CCC(N)Cc1nc(OC)ccc1OC. The molecule has 0 aliphatic heterocycles. The molecule has 0 fully saturated rings. The van der Waals surface area contributed by atoms with Crippen LogP contribution in [-0.4, -0.2) is 25.2 Å². The molecular formula is C11H18N2O2. The molecule has 0 bridgehead atoms. The molecule has 15 heavy (non-hydrogen) atoms. The molecule has 2 N–H and O–H groups in total. The molecular weight excluding hydrogens is 192 g/mol. The van der Waals surface area contributed by atoms with E-state index in [9.17, 15) is 0 Å². The minimum atomic E-state index is 0.110. The highest BCUT2D eigenvalue weighted by Gasteiger charge is 2.10. The Kier molecular flexibility index (Phi) is 4.37. The van der Waals surface area contributed by atoms with E-state index in [1.54, 1.807) is 20.3 Å². The van der Waals surface area contributed by atoms with Crippen molar-refractivity contribution in [2.45, 2.75) is 25.8 Å². The fraction of sp³-hybridized carbons (Fsp3) is 0.545. The first-order valence-corrected chi connectivity index (χ1v) is 5.04. The molecule has 1 aromatic heterocycles. The Hall–Kier alpha value is -1.29. The van der Waals surface area contributed by atoms with Crippen LogP contribution in [0.4, 0.5) is 0 Å². The highest BCUT2D eigenvalue weighted by molar-refractivity contribution is 5.32. The zero-order valence-electron chi connectivity index (χ0n) is 9.49. The maximum Gasteiger partial charge on any atom is 0.213 e. The first-order valence-electron chi connectivity index (χ1n) is 5.04. The third-order valence-electron chi connectivity index (χ3n) is 2.32. The van der Waals surface area contributed by atoms with Gasteiger partial charge in [0.15, 0.2) is 0 Å². The van der Waals surface area contributed by atoms with Crippen molar-refractivity contribution in [1.29, 1.82) is 0 Å². The number of nitrogens with two attached hydrogens (primary N) is 1. The molecule has 0 aliphatic rings. The van der Waals surface area contributed by atoms with Crippen molar-refractivity contribution in [3.8, 4) is 11.6 Å². The lowest BCUT2D eigenvalue weighted by Crippen LogP contribution is -2.22. The molecule has 0 aliphatic carbocycles. The lowest BCUT2D eigenvalue weighted by atomic mass is 10.1. The van der Waals surface area contributed by atoms with E-state index in [0.29, 0.717) is 12.3 Å². The van der Waals surface area contributed by atoms with Crippen LogP contribution in [0, 0.1) is 0 Å². The normalized spacial score (nSPS) is 12.3. The molecule has 4 nitrogen and oxygen atoms in total. The number of methoxy groups -OCH3 is 2. The van der Waals surface area contributed by atoms with E-state index in [-0.39, 0.29) is 6.04 Å². The smallest absolute Gasteiger partial charge is 0.213 e. The minimum absolute atomic E-state index is 0.110. The zero-order chi connectivity index (χ0) is 11.3. The van der Waals surface area contributed by atoms with Crippen LogP contribution in [0.3, 0.4) is 0 Å². The highest BCUT2D eigenvalue weighted by atomic mass is 16.5. The van der Waals surface area contributed by atoms with Gasteiger partial charge < -0.3 is 15.2 Å². The average molecular weight is 210 g/mol. The van der Waals surface area contributed by atoms with Gasteiger partial charge in [-0.3, -0.25) is 0 Å². The monoisotopic (exact) mass is 210 g/mol. The maximum atomic E-state index is 5.88. The molecule has 1 atom stereocenters. The summed E-state index contributed by atoms with van der Waals surface area (Å²) in [6.45, 7) is 2.05. The Morgan fingerprint density at radius 2 is 2.07 bits per heavy atom. The molecule has 1 unspecified atom stereocenters. The fourth-order valence-electron chi connectivity index (χ4n) is 1.31. The van der Waals surface area contributed by atoms with Gasteiger partial charge in [-0.1, -0.05) is 6.92 Å². The molecule has 0 radical (unpaired) electrons. The summed E-state index contributed by atoms with van der Waals surface area (Å²) in [7, 11) is 3.22. The number of hydrogen-bond donors (Lipinski definition) is 1. The van der Waals surface area contributed by atoms with Crippen LogP contribution in [-0.2, 0) is 6.42 Å². The van der Waals surface area contributed by atoms with Gasteiger partial charge in [-0.25, -0.2) is 4.98 Å². The van der Waals surface area contributed by atoms with Gasteiger partial charge in [0, 0.05) is 18.5 Å². The molecule has 4 heteroatoms. The van der Waals surface area contributed by atoms with E-state index in [0.717, 1.165) is 17.9 Å². The number of pyridine rings is 1. The largest absolute Gasteiger partial charge is 0.495 e. The Morgan fingerprint density at radius 1 is 1.33 bits per heavy atom. The van der Waals surface area contributed by atoms with E-state index in [1.807, 2.05) is 6.07 Å². The van der Waals surface area contributed by atoms with Crippen molar-refractivity contribution in [3.05, 3.63) is 17.8 Å². The van der Waals surface area contributed by atoms with Gasteiger partial charge in [0.05, 0.1) is 19.9 Å². The first kappa shape index (κ1) is 11.8. The summed E-state index contributed by atoms with van der Waals surface area (Å²) in [4.78, 5) is 4.32. The summed E-state index contributed by atoms with van der Waals surface area (Å²) in [5.41, 5.74) is 6.74. The van der Waals surface area contributed by atoms with E-state index >= 15 is 0 Å². The molecule has 0 saturated heterocycles. The van der Waals surface area contributed by atoms with E-state index in [4.69, 9.17) is 15.2 Å². The first-order chi connectivity index (χ1) is 7.21. The second-order valence-electron chi connectivity index (χ2n) is 3.38. The van der Waals surface area contributed by atoms with Gasteiger partial charge in [-0.15, -0.1) is 0 Å². The van der Waals surface area contributed by atoms with Crippen LogP contribution in [0.1, 0.15) is 19.0 Å². The summed E-state index contributed by atoms with van der Waals surface area (Å²) in [5.74, 6) is 1.36. The lowest BCUT2D eigenvalue weighted by Gasteiger charge is -2.12. The zero-order valence-corrected chi connectivity index (χ0v) is 9.49. The summed E-state index contributed by atoms with van der Waals surface area (Å²) < 4.78 is 10.3. The molecule has 0 aromatic carbocycles. The third kappa shape index (κ3) is 3.09. The Morgan fingerprint density at radius 3 is 2.60 bits per heavy atom. The van der Waals surface area contributed by atoms with Crippen LogP contribution in [0.25, 0.3) is 0 Å². The van der Waals surface area contributed by atoms with Crippen molar-refractivity contribution >= 4 is 0 Å². The summed E-state index contributed by atoms with van der Waals surface area (Å²) in [6.07, 6.45) is 1.62. The molecule has 0 amide bonds. The van der Waals surface area contributed by atoms with Crippen molar-refractivity contribution in [2.24, 2.45) is 5.73 Å². The van der Waals surface area contributed by atoms with Crippen molar-refractivity contribution < 1.29 is 9.47 Å². The molecule has 1 heterocycles. The van der Waals surface area contributed by atoms with Gasteiger partial charge in [0.25, 0.3) is 0 Å². The molecule has 84 valence electrons. The van der Waals surface area contributed by atoms with E-state index < -0.39 is 0 Å². The van der Waals surface area contributed by atoms with Gasteiger partial charge in [0.2, 0.25) is 5.88 Å². The quantitative estimate of drug-likeness (QED) is 0.797. The van der Waals surface area contributed by atoms with Gasteiger partial charge in [-0.2, -0.15) is 0 Å². The van der Waals surface area contributed by atoms with Gasteiger partial charge >= 0.3 is 0 Å². The lowest BCUT2D eigenvalue weighted by molar-refractivity contribution is 0.380. The second kappa shape index (κ2) is 5.56. The predicted octanol–water partition coefficient (Wildman–Crippen LogP) is 1.38. The topological polar surface area (TPSA) is 57.4 Å². The number of nitrogens with zero attached hydrogens (tertiary/aromatic N) is 1. The molecule has 0 spiro atoms. The maximum absolute atomic E-state index is 5.88. The highest BCUT2D eigenvalue weighted by Crippen LogP contribution is 2.21. The van der Waals surface area contributed by atoms with Gasteiger partial charge in [0.1, 0.15) is 5.75 Å². The van der Waals surface area contributed by atoms with E-state index in [2.05, 4.69) is 11.9 Å². The van der Waals surface area contributed by atoms with Crippen LogP contribution in [0.15, 0.2) is 12.1 Å². The molecule has 1 aromatic rings. The fourth-order valence-corrected chi connectivity index (χ4v) is 1.31. The predicted molar refractivity (Wildman–Crippen MR) is 59.3 cm³/mol. The van der Waals surface area contributed by atoms with Crippen LogP contribution in [0.5, 0.6) is 11.6 Å². The molecule has 1 rings (SSSR count). The third-order valence-corrected chi connectivity index (χ3v) is 2.32. The van der Waals surface area contributed by atoms with Crippen LogP contribution in [0.2, 0.25) is 0 Å². The van der Waals surface area contributed by atoms with Gasteiger partial charge in [-0.05, 0) is 12.5 Å². The second-order valence-corrected chi connectivity index (χ2v) is 3.38. The Balaban J connectivity index is 2.90. The van der Waals surface area contributed by atoms with E-state index in [1.165, 1.54) is 0 Å². The number of rotatable bonds is 5. The van der Waals surface area contributed by atoms with Crippen molar-refractivity contribution in [2.75, 3.05) is 14.2 Å². The Bertz CT molecular complexity index is 315. The molecule has 0 saturated carbocycles. The van der Waals surface area contributed by atoms with Crippen molar-refractivity contribution in [1.82, 2.24) is 4.98 Å². The van der Waals surface area contributed by atoms with Crippen LogP contribution >= 0.6 is 0 Å². The number of hydrogen-bond acceptors (Lipinski definition) is 4. The number of ether oxygens (including phenoxy) is 2. The Labute approximate surface area is 90.4 Å². The summed E-state index contributed by atoms with van der Waals surface area (Å²) in [6, 6.07) is 3.74. The summed E-state index contributed by atoms with van der Waals surface area (Å²) >= 11 is 0. The van der Waals surface area contributed by atoms with Crippen LogP contribution < -0.4 is 15.2 Å². The average Bonchev–Trinajstić information content (AvgIpc) is 2.28. The summed E-state index contributed by atoms with van der Waals surface area (Å²) in [5, 5.41) is 0. The van der Waals surface area contributed by atoms with Crippen molar-refractivity contribution in [3.63, 3.8) is 0 Å². The number of aromatic nitrogens is 1. The minimum Gasteiger partial charge on any atom is -0.495 e. The standard InChI is InChI=1S/C11H18N2O2/c1-4-8(12)7-9-10(14-2)5-6-11(13-9)15-3/h5-6,8H,4,7,12H2,1-3H3.